The average molecular weight is 576 g/mol. The Hall–Kier alpha value is -4.48. The number of amides is 3. The molecule has 3 N–H and O–H groups in total. The van der Waals surface area contributed by atoms with Crippen LogP contribution in [-0.2, 0) is 27.5 Å². The second-order valence-electron chi connectivity index (χ2n) is 9.38. The van der Waals surface area contributed by atoms with Gasteiger partial charge in [0.1, 0.15) is 11.4 Å². The molecular weight excluding hydrogens is 554 g/mol. The Balaban J connectivity index is 1.67. The number of benzene rings is 3. The number of carbonyl (C=O) groups is 2. The normalized spacial score (nSPS) is 15.3. The van der Waals surface area contributed by atoms with Crippen molar-refractivity contribution in [3.05, 3.63) is 83.2 Å². The molecule has 0 aromatic heterocycles. The van der Waals surface area contributed by atoms with E-state index in [1.165, 1.54) is 26.0 Å². The van der Waals surface area contributed by atoms with Crippen molar-refractivity contribution < 1.29 is 35.6 Å². The molecule has 1 fully saturated rings. The van der Waals surface area contributed by atoms with Gasteiger partial charge in [-0.15, -0.1) is 0 Å². The molecule has 9 nitrogen and oxygen atoms in total. The monoisotopic (exact) mass is 575 g/mol. The number of urea groups is 1. The molecule has 4 rings (SSSR count). The molecule has 3 amide bonds. The standard InChI is InChI=1S/C26H21F4N5O4S/c1-25(2)23(36)35(17-8-7-15(13-31)19(11-17)26(28,29)30)24(37)34(25)14-16-5-3-4-6-21(16)33-22-10-9-18(12-20(22)27)40(32,38)39/h3-12,33H,14H2,1-2H3,(H2,32,38,39). The quantitative estimate of drug-likeness (QED) is 0.318. The van der Waals surface area contributed by atoms with Crippen LogP contribution in [0.5, 0.6) is 0 Å². The molecule has 0 saturated carbocycles. The fraction of sp³-hybridized carbons (Fsp3) is 0.192. The van der Waals surface area contributed by atoms with Crippen LogP contribution < -0.4 is 15.4 Å². The predicted molar refractivity (Wildman–Crippen MR) is 136 cm³/mol. The topological polar surface area (TPSA) is 137 Å². The number of sulfonamides is 1. The number of hydrogen-bond donors (Lipinski definition) is 2. The van der Waals surface area contributed by atoms with E-state index in [0.717, 1.165) is 29.2 Å². The van der Waals surface area contributed by atoms with Gasteiger partial charge in [-0.2, -0.15) is 18.4 Å². The number of nitrogens with one attached hydrogen (secondary N) is 1. The van der Waals surface area contributed by atoms with Gasteiger partial charge in [0.2, 0.25) is 10.0 Å². The minimum atomic E-state index is -4.89. The number of alkyl halides is 3. The number of primary sulfonamides is 1. The van der Waals surface area contributed by atoms with E-state index in [4.69, 9.17) is 10.4 Å². The van der Waals surface area contributed by atoms with Crippen molar-refractivity contribution in [3.8, 4) is 6.07 Å². The highest BCUT2D eigenvalue weighted by atomic mass is 32.2. The molecule has 0 aliphatic carbocycles. The molecule has 1 aliphatic heterocycles. The smallest absolute Gasteiger partial charge is 0.353 e. The van der Waals surface area contributed by atoms with Crippen molar-refractivity contribution in [1.82, 2.24) is 4.90 Å². The zero-order valence-corrected chi connectivity index (χ0v) is 21.8. The summed E-state index contributed by atoms with van der Waals surface area (Å²) in [7, 11) is -4.13. The van der Waals surface area contributed by atoms with E-state index in [9.17, 15) is 35.6 Å². The molecule has 0 spiro atoms. The third kappa shape index (κ3) is 5.21. The lowest BCUT2D eigenvalue weighted by Crippen LogP contribution is -2.43. The number of rotatable bonds is 6. The van der Waals surface area contributed by atoms with Gasteiger partial charge in [-0.1, -0.05) is 18.2 Å². The van der Waals surface area contributed by atoms with Crippen molar-refractivity contribution in [1.29, 1.82) is 5.26 Å². The van der Waals surface area contributed by atoms with Crippen LogP contribution in [0.25, 0.3) is 0 Å². The number of halogens is 4. The highest BCUT2D eigenvalue weighted by Crippen LogP contribution is 2.39. The van der Waals surface area contributed by atoms with E-state index < -0.39 is 55.5 Å². The van der Waals surface area contributed by atoms with Crippen molar-refractivity contribution in [2.24, 2.45) is 5.14 Å². The first-order valence-corrected chi connectivity index (χ1v) is 13.0. The van der Waals surface area contributed by atoms with E-state index in [2.05, 4.69) is 5.32 Å². The number of hydrogen-bond acceptors (Lipinski definition) is 6. The Morgan fingerprint density at radius 1 is 1.02 bits per heavy atom. The maximum Gasteiger partial charge on any atom is 0.417 e. The van der Waals surface area contributed by atoms with Crippen molar-refractivity contribution in [2.45, 2.75) is 37.0 Å². The molecule has 1 aliphatic rings. The highest BCUT2D eigenvalue weighted by Gasteiger charge is 2.52. The largest absolute Gasteiger partial charge is 0.417 e. The van der Waals surface area contributed by atoms with Gasteiger partial charge in [0, 0.05) is 5.69 Å². The lowest BCUT2D eigenvalue weighted by molar-refractivity contribution is -0.137. The lowest BCUT2D eigenvalue weighted by atomic mass is 10.0. The third-order valence-corrected chi connectivity index (χ3v) is 7.31. The van der Waals surface area contributed by atoms with Gasteiger partial charge in [0.25, 0.3) is 5.91 Å². The fourth-order valence-corrected chi connectivity index (χ4v) is 4.73. The molecule has 1 heterocycles. The van der Waals surface area contributed by atoms with E-state index in [-0.39, 0.29) is 17.9 Å². The predicted octanol–water partition coefficient (Wildman–Crippen LogP) is 4.85. The Kier molecular flexibility index (Phi) is 7.08. The molecule has 0 atom stereocenters. The first-order chi connectivity index (χ1) is 18.6. The molecule has 3 aromatic rings. The number of carbonyl (C=O) groups excluding carboxylic acids is 2. The number of nitrogens with two attached hydrogens (primary N) is 1. The number of anilines is 3. The number of imide groups is 1. The molecule has 0 radical (unpaired) electrons. The van der Waals surface area contributed by atoms with Crippen LogP contribution in [-0.4, -0.2) is 30.8 Å². The summed E-state index contributed by atoms with van der Waals surface area (Å²) in [5.74, 6) is -1.70. The Morgan fingerprint density at radius 2 is 1.70 bits per heavy atom. The first-order valence-electron chi connectivity index (χ1n) is 11.5. The molecule has 40 heavy (non-hydrogen) atoms. The maximum absolute atomic E-state index is 14.7. The van der Waals surface area contributed by atoms with Crippen molar-refractivity contribution in [3.63, 3.8) is 0 Å². The van der Waals surface area contributed by atoms with Crippen LogP contribution in [0.4, 0.5) is 39.4 Å². The summed E-state index contributed by atoms with van der Waals surface area (Å²) in [6.07, 6.45) is -4.89. The summed E-state index contributed by atoms with van der Waals surface area (Å²) in [6.45, 7) is 2.67. The van der Waals surface area contributed by atoms with E-state index in [1.54, 1.807) is 24.3 Å². The van der Waals surface area contributed by atoms with Gasteiger partial charge in [0.05, 0.1) is 40.0 Å². The van der Waals surface area contributed by atoms with Gasteiger partial charge in [-0.05, 0) is 61.9 Å². The molecule has 0 bridgehead atoms. The molecule has 0 unspecified atom stereocenters. The van der Waals surface area contributed by atoms with Crippen molar-refractivity contribution in [2.75, 3.05) is 10.2 Å². The maximum atomic E-state index is 14.7. The average Bonchev–Trinajstić information content (AvgIpc) is 3.03. The molecule has 14 heteroatoms. The summed E-state index contributed by atoms with van der Waals surface area (Å²) < 4.78 is 78.2. The van der Waals surface area contributed by atoms with Crippen LogP contribution in [0.15, 0.2) is 65.6 Å². The summed E-state index contributed by atoms with van der Waals surface area (Å²) in [4.78, 5) is 28.1. The number of nitrogens with zero attached hydrogens (tertiary/aromatic N) is 3. The van der Waals surface area contributed by atoms with Crippen LogP contribution in [0, 0.1) is 17.1 Å². The lowest BCUT2D eigenvalue weighted by Gasteiger charge is -2.28. The van der Waals surface area contributed by atoms with Crippen LogP contribution in [0.1, 0.15) is 30.5 Å². The second kappa shape index (κ2) is 9.92. The van der Waals surface area contributed by atoms with Gasteiger partial charge < -0.3 is 10.2 Å². The van der Waals surface area contributed by atoms with Crippen LogP contribution in [0.3, 0.4) is 0 Å². The zero-order chi connectivity index (χ0) is 29.6. The van der Waals surface area contributed by atoms with Crippen LogP contribution >= 0.6 is 0 Å². The Bertz CT molecular complexity index is 1680. The molecule has 208 valence electrons. The number of nitriles is 1. The van der Waals surface area contributed by atoms with E-state index >= 15 is 0 Å². The third-order valence-electron chi connectivity index (χ3n) is 6.39. The van der Waals surface area contributed by atoms with Gasteiger partial charge in [0.15, 0.2) is 0 Å². The van der Waals surface area contributed by atoms with Gasteiger partial charge in [-0.3, -0.25) is 4.79 Å². The molecule has 1 saturated heterocycles. The Morgan fingerprint density at radius 3 is 2.30 bits per heavy atom. The van der Waals surface area contributed by atoms with Gasteiger partial charge in [-0.25, -0.2) is 27.6 Å². The minimum absolute atomic E-state index is 0.0955. The zero-order valence-electron chi connectivity index (χ0n) is 21.0. The minimum Gasteiger partial charge on any atom is -0.353 e. The highest BCUT2D eigenvalue weighted by molar-refractivity contribution is 7.89. The van der Waals surface area contributed by atoms with Gasteiger partial charge >= 0.3 is 12.2 Å². The second-order valence-corrected chi connectivity index (χ2v) is 10.9. The SMILES string of the molecule is CC1(C)C(=O)N(c2ccc(C#N)c(C(F)(F)F)c2)C(=O)N1Cc1ccccc1Nc1ccc(S(N)(=O)=O)cc1F. The summed E-state index contributed by atoms with van der Waals surface area (Å²) >= 11 is 0. The summed E-state index contributed by atoms with van der Waals surface area (Å²) in [6, 6.07) is 12.6. The Labute approximate surface area is 226 Å². The molecule has 3 aromatic carbocycles. The summed E-state index contributed by atoms with van der Waals surface area (Å²) in [5, 5.41) is 16.9. The first kappa shape index (κ1) is 28.5. The van der Waals surface area contributed by atoms with Crippen LogP contribution in [0.2, 0.25) is 0 Å². The number of para-hydroxylation sites is 1. The van der Waals surface area contributed by atoms with Crippen molar-refractivity contribution >= 4 is 39.0 Å². The molecular formula is C26H21F4N5O4S. The van der Waals surface area contributed by atoms with E-state index in [1.807, 2.05) is 0 Å². The summed E-state index contributed by atoms with van der Waals surface area (Å²) in [5.41, 5.74) is -3.13. The fourth-order valence-electron chi connectivity index (χ4n) is 4.20. The van der Waals surface area contributed by atoms with E-state index in [0.29, 0.717) is 22.2 Å².